The summed E-state index contributed by atoms with van der Waals surface area (Å²) in [5.74, 6) is 0.892. The summed E-state index contributed by atoms with van der Waals surface area (Å²) in [4.78, 5) is 14.7. The molecule has 5 nitrogen and oxygen atoms in total. The number of rotatable bonds is 8. The first-order valence-corrected chi connectivity index (χ1v) is 9.51. The number of para-hydroxylation sites is 1. The van der Waals surface area contributed by atoms with Crippen molar-refractivity contribution < 1.29 is 14.3 Å². The maximum Gasteiger partial charge on any atom is 0.220 e. The molecule has 0 radical (unpaired) electrons. The van der Waals surface area contributed by atoms with Crippen molar-refractivity contribution in [3.8, 4) is 5.75 Å². The number of methoxy groups -OCH3 is 1. The highest BCUT2D eigenvalue weighted by Crippen LogP contribution is 2.19. The zero-order valence-corrected chi connectivity index (χ0v) is 15.9. The van der Waals surface area contributed by atoms with Crippen molar-refractivity contribution in [1.82, 2.24) is 10.2 Å². The van der Waals surface area contributed by atoms with Gasteiger partial charge in [-0.2, -0.15) is 0 Å². The Morgan fingerprint density at radius 2 is 1.70 bits per heavy atom. The average molecular weight is 368 g/mol. The molecule has 1 heterocycles. The quantitative estimate of drug-likeness (QED) is 0.778. The zero-order valence-electron chi connectivity index (χ0n) is 15.9. The Labute approximate surface area is 161 Å². The van der Waals surface area contributed by atoms with Crippen molar-refractivity contribution in [3.05, 3.63) is 65.2 Å². The van der Waals surface area contributed by atoms with Crippen LogP contribution >= 0.6 is 0 Å². The summed E-state index contributed by atoms with van der Waals surface area (Å²) in [5.41, 5.74) is 3.50. The molecule has 0 unspecified atom stereocenters. The molecule has 1 fully saturated rings. The Morgan fingerprint density at radius 3 is 2.44 bits per heavy atom. The lowest BCUT2D eigenvalue weighted by Gasteiger charge is -2.27. The average Bonchev–Trinajstić information content (AvgIpc) is 2.72. The molecule has 1 saturated heterocycles. The van der Waals surface area contributed by atoms with Gasteiger partial charge in [-0.05, 0) is 29.2 Å². The lowest BCUT2D eigenvalue weighted by Crippen LogP contribution is -2.36. The van der Waals surface area contributed by atoms with Crippen LogP contribution in [-0.2, 0) is 29.0 Å². The van der Waals surface area contributed by atoms with E-state index in [4.69, 9.17) is 9.47 Å². The van der Waals surface area contributed by atoms with Gasteiger partial charge in [-0.15, -0.1) is 0 Å². The van der Waals surface area contributed by atoms with Gasteiger partial charge in [0.15, 0.2) is 0 Å². The van der Waals surface area contributed by atoms with Crippen LogP contribution in [0.5, 0.6) is 5.75 Å². The Balaban J connectivity index is 1.51. The highest BCUT2D eigenvalue weighted by molar-refractivity contribution is 5.76. The van der Waals surface area contributed by atoms with Crippen LogP contribution < -0.4 is 10.1 Å². The van der Waals surface area contributed by atoms with Crippen molar-refractivity contribution in [2.24, 2.45) is 0 Å². The van der Waals surface area contributed by atoms with E-state index in [0.29, 0.717) is 19.4 Å². The van der Waals surface area contributed by atoms with Gasteiger partial charge in [-0.3, -0.25) is 9.69 Å². The molecule has 0 atom stereocenters. The molecular formula is C22H28N2O3. The third-order valence-electron chi connectivity index (χ3n) is 4.91. The van der Waals surface area contributed by atoms with Crippen molar-refractivity contribution in [2.75, 3.05) is 33.4 Å². The topological polar surface area (TPSA) is 50.8 Å². The van der Waals surface area contributed by atoms with E-state index in [1.807, 2.05) is 30.3 Å². The van der Waals surface area contributed by atoms with E-state index in [1.165, 1.54) is 11.1 Å². The predicted molar refractivity (Wildman–Crippen MR) is 106 cm³/mol. The monoisotopic (exact) mass is 368 g/mol. The lowest BCUT2D eigenvalue weighted by atomic mass is 10.1. The van der Waals surface area contributed by atoms with Crippen LogP contribution in [0.25, 0.3) is 0 Å². The summed E-state index contributed by atoms with van der Waals surface area (Å²) in [6, 6.07) is 16.2. The van der Waals surface area contributed by atoms with Crippen LogP contribution in [0.4, 0.5) is 0 Å². The third-order valence-corrected chi connectivity index (χ3v) is 4.91. The fraction of sp³-hybridized carbons (Fsp3) is 0.409. The van der Waals surface area contributed by atoms with E-state index >= 15 is 0 Å². The maximum atomic E-state index is 12.3. The molecule has 1 aliphatic rings. The molecule has 0 aromatic heterocycles. The first-order chi connectivity index (χ1) is 13.3. The second kappa shape index (κ2) is 10.1. The van der Waals surface area contributed by atoms with Crippen LogP contribution in [0.1, 0.15) is 23.1 Å². The van der Waals surface area contributed by atoms with Crippen LogP contribution in [-0.4, -0.2) is 44.2 Å². The molecule has 27 heavy (non-hydrogen) atoms. The van der Waals surface area contributed by atoms with Crippen LogP contribution in [0.3, 0.4) is 0 Å². The summed E-state index contributed by atoms with van der Waals surface area (Å²) < 4.78 is 10.8. The zero-order chi connectivity index (χ0) is 18.9. The minimum Gasteiger partial charge on any atom is -0.496 e. The summed E-state index contributed by atoms with van der Waals surface area (Å²) in [7, 11) is 1.66. The number of carbonyl (C=O) groups excluding carboxylic acids is 1. The smallest absolute Gasteiger partial charge is 0.220 e. The molecule has 0 saturated carbocycles. The minimum atomic E-state index is 0.0575. The number of hydrogen-bond donors (Lipinski definition) is 1. The largest absolute Gasteiger partial charge is 0.496 e. The molecule has 0 aliphatic carbocycles. The summed E-state index contributed by atoms with van der Waals surface area (Å²) in [6.07, 6.45) is 1.12. The SMILES string of the molecule is COc1ccccc1CCC(=O)NCc1ccccc1CN1CCOCC1. The van der Waals surface area contributed by atoms with E-state index in [-0.39, 0.29) is 5.91 Å². The van der Waals surface area contributed by atoms with Crippen molar-refractivity contribution in [3.63, 3.8) is 0 Å². The fourth-order valence-electron chi connectivity index (χ4n) is 3.32. The number of hydrogen-bond acceptors (Lipinski definition) is 4. The lowest BCUT2D eigenvalue weighted by molar-refractivity contribution is -0.121. The molecule has 1 N–H and O–H groups in total. The number of benzene rings is 2. The number of ether oxygens (including phenoxy) is 2. The first-order valence-electron chi connectivity index (χ1n) is 9.51. The normalized spacial score (nSPS) is 14.7. The standard InChI is InChI=1S/C22H28N2O3/c1-26-21-9-5-4-6-18(21)10-11-22(25)23-16-19-7-2-3-8-20(19)17-24-12-14-27-15-13-24/h2-9H,10-17H2,1H3,(H,23,25). The molecule has 1 amide bonds. The number of morpholine rings is 1. The molecule has 0 spiro atoms. The summed E-state index contributed by atoms with van der Waals surface area (Å²) in [5, 5.41) is 3.06. The van der Waals surface area contributed by atoms with Gasteiger partial charge in [-0.1, -0.05) is 42.5 Å². The van der Waals surface area contributed by atoms with Gasteiger partial charge in [0.25, 0.3) is 0 Å². The molecular weight excluding hydrogens is 340 g/mol. The summed E-state index contributed by atoms with van der Waals surface area (Å²) in [6.45, 7) is 4.96. The maximum absolute atomic E-state index is 12.3. The highest BCUT2D eigenvalue weighted by atomic mass is 16.5. The fourth-order valence-corrected chi connectivity index (χ4v) is 3.32. The van der Waals surface area contributed by atoms with Crippen LogP contribution in [0.2, 0.25) is 0 Å². The van der Waals surface area contributed by atoms with Crippen LogP contribution in [0.15, 0.2) is 48.5 Å². The Hall–Kier alpha value is -2.37. The van der Waals surface area contributed by atoms with Crippen molar-refractivity contribution in [2.45, 2.75) is 25.9 Å². The van der Waals surface area contributed by atoms with E-state index in [9.17, 15) is 4.79 Å². The molecule has 5 heteroatoms. The number of nitrogens with one attached hydrogen (secondary N) is 1. The van der Waals surface area contributed by atoms with Gasteiger partial charge < -0.3 is 14.8 Å². The molecule has 1 aliphatic heterocycles. The summed E-state index contributed by atoms with van der Waals surface area (Å²) >= 11 is 0. The van der Waals surface area contributed by atoms with E-state index < -0.39 is 0 Å². The van der Waals surface area contributed by atoms with E-state index in [1.54, 1.807) is 7.11 Å². The van der Waals surface area contributed by atoms with Crippen molar-refractivity contribution in [1.29, 1.82) is 0 Å². The van der Waals surface area contributed by atoms with Gasteiger partial charge in [0.2, 0.25) is 5.91 Å². The Kier molecular flexibility index (Phi) is 7.25. The Morgan fingerprint density at radius 1 is 1.04 bits per heavy atom. The molecule has 2 aromatic rings. The molecule has 2 aromatic carbocycles. The number of nitrogens with zero attached hydrogens (tertiary/aromatic N) is 1. The van der Waals surface area contributed by atoms with E-state index in [2.05, 4.69) is 28.4 Å². The first kappa shape index (κ1) is 19.4. The van der Waals surface area contributed by atoms with Crippen molar-refractivity contribution >= 4 is 5.91 Å². The number of amides is 1. The minimum absolute atomic E-state index is 0.0575. The van der Waals surface area contributed by atoms with Gasteiger partial charge in [0.05, 0.1) is 20.3 Å². The van der Waals surface area contributed by atoms with Gasteiger partial charge in [0, 0.05) is 32.6 Å². The number of aryl methyl sites for hydroxylation is 1. The van der Waals surface area contributed by atoms with Gasteiger partial charge in [0.1, 0.15) is 5.75 Å². The Bertz CT molecular complexity index is 742. The van der Waals surface area contributed by atoms with E-state index in [0.717, 1.165) is 44.2 Å². The number of carbonyl (C=O) groups is 1. The van der Waals surface area contributed by atoms with Gasteiger partial charge in [-0.25, -0.2) is 0 Å². The van der Waals surface area contributed by atoms with Crippen LogP contribution in [0, 0.1) is 0 Å². The third kappa shape index (κ3) is 5.81. The molecule has 144 valence electrons. The second-order valence-electron chi connectivity index (χ2n) is 6.75. The van der Waals surface area contributed by atoms with Gasteiger partial charge >= 0.3 is 0 Å². The molecule has 3 rings (SSSR count). The molecule has 0 bridgehead atoms. The highest BCUT2D eigenvalue weighted by Gasteiger charge is 2.13. The predicted octanol–water partition coefficient (Wildman–Crippen LogP) is 2.78. The second-order valence-corrected chi connectivity index (χ2v) is 6.75.